The largest absolute Gasteiger partial charge is 0.477 e. The van der Waals surface area contributed by atoms with Crippen LogP contribution in [0.15, 0.2) is 12.1 Å². The van der Waals surface area contributed by atoms with E-state index in [-0.39, 0.29) is 0 Å². The summed E-state index contributed by atoms with van der Waals surface area (Å²) in [7, 11) is 0. The summed E-state index contributed by atoms with van der Waals surface area (Å²) in [6, 6.07) is 4.21. The number of aromatic nitrogens is 1. The molecule has 1 rings (SSSR count). The normalized spacial score (nSPS) is 12.4. The lowest BCUT2D eigenvalue weighted by atomic mass is 10.1. The average Bonchev–Trinajstić information content (AvgIpc) is 2.43. The van der Waals surface area contributed by atoms with Crippen LogP contribution >= 0.6 is 0 Å². The number of ether oxygens (including phenoxy) is 1. The van der Waals surface area contributed by atoms with Crippen molar-refractivity contribution < 1.29 is 4.74 Å². The number of hydrogen-bond acceptors (Lipinski definition) is 3. The Bertz CT molecular complexity index is 366. The summed E-state index contributed by atoms with van der Waals surface area (Å²) >= 11 is 0. The maximum atomic E-state index is 5.84. The minimum absolute atomic E-state index is 0.592. The fraction of sp³-hybridized carbons (Fsp3) is 0.688. The van der Waals surface area contributed by atoms with Gasteiger partial charge in [0.15, 0.2) is 0 Å². The minimum Gasteiger partial charge on any atom is -0.477 e. The van der Waals surface area contributed by atoms with Crippen LogP contribution in [0.1, 0.15) is 51.8 Å². The lowest BCUT2D eigenvalue weighted by Gasteiger charge is -2.13. The lowest BCUT2D eigenvalue weighted by molar-refractivity contribution is 0.242. The van der Waals surface area contributed by atoms with Gasteiger partial charge in [-0.3, -0.25) is 0 Å². The Hall–Kier alpha value is -1.09. The molecule has 0 bridgehead atoms. The molecular formula is C16H28N2O. The van der Waals surface area contributed by atoms with Crippen molar-refractivity contribution in [1.82, 2.24) is 10.3 Å². The van der Waals surface area contributed by atoms with E-state index in [4.69, 9.17) is 4.74 Å². The van der Waals surface area contributed by atoms with Gasteiger partial charge in [-0.15, -0.1) is 0 Å². The van der Waals surface area contributed by atoms with E-state index < -0.39 is 0 Å². The topological polar surface area (TPSA) is 34.1 Å². The summed E-state index contributed by atoms with van der Waals surface area (Å²) in [5.74, 6) is 1.37. The molecule has 3 heteroatoms. The van der Waals surface area contributed by atoms with Crippen molar-refractivity contribution in [2.45, 2.75) is 53.5 Å². The molecule has 0 saturated heterocycles. The van der Waals surface area contributed by atoms with E-state index in [9.17, 15) is 0 Å². The van der Waals surface area contributed by atoms with Gasteiger partial charge in [0.1, 0.15) is 0 Å². The molecule has 1 N–H and O–H groups in total. The van der Waals surface area contributed by atoms with E-state index >= 15 is 0 Å². The fourth-order valence-electron chi connectivity index (χ4n) is 2.05. The molecule has 1 aromatic heterocycles. The van der Waals surface area contributed by atoms with Gasteiger partial charge in [-0.1, -0.05) is 34.1 Å². The second kappa shape index (κ2) is 8.92. The van der Waals surface area contributed by atoms with Crippen LogP contribution in [0.3, 0.4) is 0 Å². The Balaban J connectivity index is 2.65. The van der Waals surface area contributed by atoms with Crippen molar-refractivity contribution in [1.29, 1.82) is 0 Å². The fourth-order valence-corrected chi connectivity index (χ4v) is 2.05. The predicted molar refractivity (Wildman–Crippen MR) is 80.6 cm³/mol. The molecule has 0 radical (unpaired) electrons. The first-order chi connectivity index (χ1) is 9.19. The highest BCUT2D eigenvalue weighted by Crippen LogP contribution is 2.15. The molecule has 19 heavy (non-hydrogen) atoms. The molecule has 0 spiro atoms. The van der Waals surface area contributed by atoms with Gasteiger partial charge in [0.25, 0.3) is 0 Å². The first-order valence-corrected chi connectivity index (χ1v) is 7.52. The maximum absolute atomic E-state index is 5.84. The van der Waals surface area contributed by atoms with Gasteiger partial charge >= 0.3 is 0 Å². The highest BCUT2D eigenvalue weighted by atomic mass is 16.5. The maximum Gasteiger partial charge on any atom is 0.213 e. The molecule has 1 unspecified atom stereocenters. The van der Waals surface area contributed by atoms with Crippen molar-refractivity contribution >= 4 is 0 Å². The highest BCUT2D eigenvalue weighted by molar-refractivity contribution is 5.25. The highest BCUT2D eigenvalue weighted by Gasteiger charge is 2.06. The zero-order valence-electron chi connectivity index (χ0n) is 12.8. The summed E-state index contributed by atoms with van der Waals surface area (Å²) in [5, 5.41) is 3.34. The van der Waals surface area contributed by atoms with Crippen LogP contribution in [0.4, 0.5) is 0 Å². The molecule has 3 nitrogen and oxygen atoms in total. The molecule has 0 fully saturated rings. The van der Waals surface area contributed by atoms with Crippen molar-refractivity contribution in [3.63, 3.8) is 0 Å². The first kappa shape index (κ1) is 16.0. The summed E-state index contributed by atoms with van der Waals surface area (Å²) in [5.41, 5.74) is 2.36. The second-order valence-electron chi connectivity index (χ2n) is 5.14. The molecule has 0 aliphatic heterocycles. The van der Waals surface area contributed by atoms with Crippen LogP contribution in [-0.2, 0) is 13.0 Å². The zero-order chi connectivity index (χ0) is 14.1. The quantitative estimate of drug-likeness (QED) is 0.740. The van der Waals surface area contributed by atoms with Gasteiger partial charge in [-0.05, 0) is 36.9 Å². The van der Waals surface area contributed by atoms with E-state index in [0.29, 0.717) is 5.92 Å². The minimum atomic E-state index is 0.592. The zero-order valence-corrected chi connectivity index (χ0v) is 12.8. The summed E-state index contributed by atoms with van der Waals surface area (Å²) in [6.07, 6.45) is 3.36. The van der Waals surface area contributed by atoms with E-state index in [1.54, 1.807) is 0 Å². The third-order valence-corrected chi connectivity index (χ3v) is 3.15. The molecule has 0 aliphatic rings. The van der Waals surface area contributed by atoms with E-state index in [1.807, 2.05) is 0 Å². The Morgan fingerprint density at radius 3 is 2.68 bits per heavy atom. The third-order valence-electron chi connectivity index (χ3n) is 3.15. The molecular weight excluding hydrogens is 236 g/mol. The summed E-state index contributed by atoms with van der Waals surface area (Å²) < 4.78 is 5.84. The van der Waals surface area contributed by atoms with Crippen LogP contribution in [-0.4, -0.2) is 18.1 Å². The molecule has 1 heterocycles. The van der Waals surface area contributed by atoms with Crippen molar-refractivity contribution in [3.05, 3.63) is 23.4 Å². The summed E-state index contributed by atoms with van der Waals surface area (Å²) in [4.78, 5) is 4.54. The number of nitrogens with one attached hydrogen (secondary N) is 1. The Morgan fingerprint density at radius 2 is 2.05 bits per heavy atom. The first-order valence-electron chi connectivity index (χ1n) is 7.52. The Kier molecular flexibility index (Phi) is 7.49. The van der Waals surface area contributed by atoms with Crippen LogP contribution in [0, 0.1) is 5.92 Å². The van der Waals surface area contributed by atoms with Crippen LogP contribution in [0.2, 0.25) is 0 Å². The van der Waals surface area contributed by atoms with Crippen molar-refractivity contribution in [3.8, 4) is 5.88 Å². The van der Waals surface area contributed by atoms with Gasteiger partial charge < -0.3 is 10.1 Å². The van der Waals surface area contributed by atoms with Gasteiger partial charge in [0, 0.05) is 18.3 Å². The van der Waals surface area contributed by atoms with Gasteiger partial charge in [0.05, 0.1) is 6.61 Å². The van der Waals surface area contributed by atoms with Gasteiger partial charge in [0.2, 0.25) is 5.88 Å². The van der Waals surface area contributed by atoms with Crippen LogP contribution in [0.25, 0.3) is 0 Å². The molecule has 1 atom stereocenters. The van der Waals surface area contributed by atoms with Crippen molar-refractivity contribution in [2.75, 3.05) is 13.2 Å². The van der Waals surface area contributed by atoms with E-state index in [1.165, 1.54) is 18.4 Å². The Morgan fingerprint density at radius 1 is 1.26 bits per heavy atom. The van der Waals surface area contributed by atoms with Crippen molar-refractivity contribution in [2.24, 2.45) is 5.92 Å². The lowest BCUT2D eigenvalue weighted by Crippen LogP contribution is -2.13. The SMILES string of the molecule is CCCC(C)COc1cc(CNCC)cc(CC)n1. The smallest absolute Gasteiger partial charge is 0.213 e. The number of aryl methyl sites for hydroxylation is 1. The van der Waals surface area contributed by atoms with E-state index in [2.05, 4.69) is 50.1 Å². The van der Waals surface area contributed by atoms with E-state index in [0.717, 1.165) is 37.7 Å². The monoisotopic (exact) mass is 264 g/mol. The Labute approximate surface area is 117 Å². The average molecular weight is 264 g/mol. The van der Waals surface area contributed by atoms with Gasteiger partial charge in [-0.25, -0.2) is 4.98 Å². The number of pyridine rings is 1. The molecule has 0 aliphatic carbocycles. The van der Waals surface area contributed by atoms with Gasteiger partial charge in [-0.2, -0.15) is 0 Å². The molecule has 0 saturated carbocycles. The van der Waals surface area contributed by atoms with Crippen LogP contribution < -0.4 is 10.1 Å². The molecule has 0 aromatic carbocycles. The predicted octanol–water partition coefficient (Wildman–Crippen LogP) is 3.57. The molecule has 108 valence electrons. The number of hydrogen-bond donors (Lipinski definition) is 1. The number of rotatable bonds is 9. The van der Waals surface area contributed by atoms with Crippen LogP contribution in [0.5, 0.6) is 5.88 Å². The standard InChI is InChI=1S/C16H28N2O/c1-5-8-13(4)12-19-16-10-14(11-17-7-3)9-15(6-2)18-16/h9-10,13,17H,5-8,11-12H2,1-4H3. The molecule has 1 aromatic rings. The number of nitrogens with zero attached hydrogens (tertiary/aromatic N) is 1. The third kappa shape index (κ3) is 6.06. The second-order valence-corrected chi connectivity index (χ2v) is 5.14. The summed E-state index contributed by atoms with van der Waals surface area (Å²) in [6.45, 7) is 11.3. The molecule has 0 amide bonds.